The predicted octanol–water partition coefficient (Wildman–Crippen LogP) is 3.44. The number of halogens is 2. The largest absolute Gasteiger partial charge is 0.379 e. The van der Waals surface area contributed by atoms with E-state index in [9.17, 15) is 17.2 Å². The van der Waals surface area contributed by atoms with Crippen molar-refractivity contribution in [3.63, 3.8) is 0 Å². The molecule has 1 fully saturated rings. The second kappa shape index (κ2) is 5.45. The Labute approximate surface area is 129 Å². The van der Waals surface area contributed by atoms with Crippen LogP contribution in [0.3, 0.4) is 0 Å². The first kappa shape index (κ1) is 17.1. The van der Waals surface area contributed by atoms with Gasteiger partial charge in [-0.25, -0.2) is 8.42 Å². The number of ether oxygens (including phenoxy) is 1. The molecule has 4 nitrogen and oxygen atoms in total. The zero-order valence-corrected chi connectivity index (χ0v) is 13.9. The second-order valence-electron chi connectivity index (χ2n) is 6.70. The number of alkyl halides is 2. The SMILES string of the molecule is CC1(C)CC(Nc2ccc(S(=O)(=O)C(F)F)cc2)C(C)(C)O1. The van der Waals surface area contributed by atoms with Gasteiger partial charge in [-0.05, 0) is 58.4 Å². The van der Waals surface area contributed by atoms with Crippen molar-refractivity contribution < 1.29 is 21.9 Å². The standard InChI is InChI=1S/C15H21F2NO3S/c1-14(2)9-12(15(3,4)21-14)18-10-5-7-11(8-6-10)22(19,20)13(16)17/h5-8,12-13,18H,9H2,1-4H3. The molecule has 1 unspecified atom stereocenters. The molecule has 0 radical (unpaired) electrons. The molecule has 1 aromatic rings. The van der Waals surface area contributed by atoms with Crippen LogP contribution in [-0.2, 0) is 14.6 Å². The van der Waals surface area contributed by atoms with Crippen molar-refractivity contribution >= 4 is 15.5 Å². The summed E-state index contributed by atoms with van der Waals surface area (Å²) in [6.07, 6.45) is 0.789. The van der Waals surface area contributed by atoms with Crippen molar-refractivity contribution in [1.82, 2.24) is 0 Å². The molecule has 0 amide bonds. The van der Waals surface area contributed by atoms with Gasteiger partial charge in [0, 0.05) is 5.69 Å². The molecule has 1 saturated heterocycles. The maximum atomic E-state index is 12.5. The molecule has 2 rings (SSSR count). The van der Waals surface area contributed by atoms with Crippen LogP contribution < -0.4 is 5.32 Å². The monoisotopic (exact) mass is 333 g/mol. The lowest BCUT2D eigenvalue weighted by molar-refractivity contribution is -0.0662. The van der Waals surface area contributed by atoms with Crippen LogP contribution in [-0.4, -0.2) is 31.4 Å². The average Bonchev–Trinajstić information content (AvgIpc) is 2.57. The topological polar surface area (TPSA) is 55.4 Å². The maximum Gasteiger partial charge on any atom is 0.341 e. The van der Waals surface area contributed by atoms with Gasteiger partial charge in [0.15, 0.2) is 0 Å². The fraction of sp³-hybridized carbons (Fsp3) is 0.600. The van der Waals surface area contributed by atoms with Gasteiger partial charge >= 0.3 is 5.76 Å². The fourth-order valence-electron chi connectivity index (χ4n) is 2.83. The Morgan fingerprint density at radius 1 is 1.18 bits per heavy atom. The van der Waals surface area contributed by atoms with E-state index >= 15 is 0 Å². The van der Waals surface area contributed by atoms with Gasteiger partial charge in [-0.15, -0.1) is 0 Å². The Kier molecular flexibility index (Phi) is 4.25. The Balaban J connectivity index is 2.16. The summed E-state index contributed by atoms with van der Waals surface area (Å²) in [5, 5.41) is 3.29. The van der Waals surface area contributed by atoms with Crippen molar-refractivity contribution in [3.8, 4) is 0 Å². The molecule has 0 spiro atoms. The van der Waals surface area contributed by atoms with Gasteiger partial charge in [0.1, 0.15) is 0 Å². The molecule has 1 aliphatic rings. The summed E-state index contributed by atoms with van der Waals surface area (Å²) in [5.41, 5.74) is 0.0461. The van der Waals surface area contributed by atoms with Crippen LogP contribution in [0.1, 0.15) is 34.1 Å². The van der Waals surface area contributed by atoms with Crippen LogP contribution in [0.2, 0.25) is 0 Å². The minimum atomic E-state index is -4.55. The highest BCUT2D eigenvalue weighted by atomic mass is 32.2. The van der Waals surface area contributed by atoms with E-state index in [0.717, 1.165) is 6.42 Å². The second-order valence-corrected chi connectivity index (χ2v) is 8.61. The van der Waals surface area contributed by atoms with Gasteiger partial charge in [-0.3, -0.25) is 0 Å². The van der Waals surface area contributed by atoms with Gasteiger partial charge in [0.05, 0.1) is 22.1 Å². The number of anilines is 1. The number of rotatable bonds is 4. The minimum absolute atomic E-state index is 0.0417. The summed E-state index contributed by atoms with van der Waals surface area (Å²) in [4.78, 5) is -0.379. The molecule has 22 heavy (non-hydrogen) atoms. The molecule has 1 heterocycles. The fourth-order valence-corrected chi connectivity index (χ4v) is 3.55. The molecule has 0 aromatic heterocycles. The van der Waals surface area contributed by atoms with Crippen LogP contribution in [0.15, 0.2) is 29.2 Å². The smallest absolute Gasteiger partial charge is 0.341 e. The summed E-state index contributed by atoms with van der Waals surface area (Å²) in [7, 11) is -4.55. The molecule has 1 aliphatic heterocycles. The summed E-state index contributed by atoms with van der Waals surface area (Å²) in [6, 6.07) is 5.42. The molecular formula is C15H21F2NO3S. The summed E-state index contributed by atoms with van der Waals surface area (Å²) < 4.78 is 53.7. The van der Waals surface area contributed by atoms with Crippen LogP contribution >= 0.6 is 0 Å². The first-order valence-electron chi connectivity index (χ1n) is 7.03. The molecule has 124 valence electrons. The van der Waals surface area contributed by atoms with E-state index in [4.69, 9.17) is 4.74 Å². The van der Waals surface area contributed by atoms with E-state index in [1.807, 2.05) is 27.7 Å². The van der Waals surface area contributed by atoms with Crippen LogP contribution in [0.4, 0.5) is 14.5 Å². The number of benzene rings is 1. The molecule has 1 atom stereocenters. The average molecular weight is 333 g/mol. The normalized spacial score (nSPS) is 23.7. The molecule has 1 aromatic carbocycles. The third kappa shape index (κ3) is 3.41. The summed E-state index contributed by atoms with van der Waals surface area (Å²) in [5.74, 6) is -3.41. The molecule has 0 bridgehead atoms. The zero-order valence-electron chi connectivity index (χ0n) is 13.1. The summed E-state index contributed by atoms with van der Waals surface area (Å²) >= 11 is 0. The Bertz CT molecular complexity index is 639. The lowest BCUT2D eigenvalue weighted by Crippen LogP contribution is -2.38. The quantitative estimate of drug-likeness (QED) is 0.917. The Morgan fingerprint density at radius 2 is 1.73 bits per heavy atom. The highest BCUT2D eigenvalue weighted by Crippen LogP contribution is 2.38. The number of hydrogen-bond acceptors (Lipinski definition) is 4. The molecular weight excluding hydrogens is 312 g/mol. The van der Waals surface area contributed by atoms with Crippen molar-refractivity contribution in [2.24, 2.45) is 0 Å². The third-order valence-electron chi connectivity index (χ3n) is 3.83. The van der Waals surface area contributed by atoms with Gasteiger partial charge in [0.2, 0.25) is 9.84 Å². The van der Waals surface area contributed by atoms with E-state index in [-0.39, 0.29) is 22.1 Å². The first-order chi connectivity index (χ1) is 9.94. The lowest BCUT2D eigenvalue weighted by atomic mass is 9.94. The molecule has 0 saturated carbocycles. The highest BCUT2D eigenvalue weighted by Gasteiger charge is 2.45. The van der Waals surface area contributed by atoms with Crippen LogP contribution in [0.25, 0.3) is 0 Å². The van der Waals surface area contributed by atoms with E-state index in [2.05, 4.69) is 5.32 Å². The number of hydrogen-bond donors (Lipinski definition) is 1. The number of nitrogens with one attached hydrogen (secondary N) is 1. The minimum Gasteiger partial charge on any atom is -0.379 e. The van der Waals surface area contributed by atoms with E-state index < -0.39 is 15.6 Å². The molecule has 1 N–H and O–H groups in total. The third-order valence-corrected chi connectivity index (χ3v) is 5.23. The zero-order chi connectivity index (χ0) is 16.8. The van der Waals surface area contributed by atoms with E-state index in [1.54, 1.807) is 0 Å². The van der Waals surface area contributed by atoms with Gasteiger partial charge in [0.25, 0.3) is 0 Å². The van der Waals surface area contributed by atoms with Crippen LogP contribution in [0.5, 0.6) is 0 Å². The highest BCUT2D eigenvalue weighted by molar-refractivity contribution is 7.91. The Morgan fingerprint density at radius 3 is 2.14 bits per heavy atom. The van der Waals surface area contributed by atoms with Crippen molar-refractivity contribution in [1.29, 1.82) is 0 Å². The van der Waals surface area contributed by atoms with Crippen molar-refractivity contribution in [2.45, 2.75) is 62.0 Å². The van der Waals surface area contributed by atoms with Crippen LogP contribution in [0, 0.1) is 0 Å². The Hall–Kier alpha value is -1.21. The molecule has 7 heteroatoms. The van der Waals surface area contributed by atoms with Crippen molar-refractivity contribution in [3.05, 3.63) is 24.3 Å². The predicted molar refractivity (Wildman–Crippen MR) is 80.9 cm³/mol. The van der Waals surface area contributed by atoms with E-state index in [0.29, 0.717) is 5.69 Å². The number of sulfone groups is 1. The van der Waals surface area contributed by atoms with E-state index in [1.165, 1.54) is 24.3 Å². The van der Waals surface area contributed by atoms with Gasteiger partial charge in [-0.2, -0.15) is 8.78 Å². The van der Waals surface area contributed by atoms with Crippen molar-refractivity contribution in [2.75, 3.05) is 5.32 Å². The first-order valence-corrected chi connectivity index (χ1v) is 8.57. The van der Waals surface area contributed by atoms with Gasteiger partial charge < -0.3 is 10.1 Å². The lowest BCUT2D eigenvalue weighted by Gasteiger charge is -2.28. The summed E-state index contributed by atoms with van der Waals surface area (Å²) in [6.45, 7) is 7.98. The molecule has 0 aliphatic carbocycles. The maximum absolute atomic E-state index is 12.5. The van der Waals surface area contributed by atoms with Gasteiger partial charge in [-0.1, -0.05) is 0 Å².